The number of nitrogens with two attached hydrogens (primary N) is 1. The Hall–Kier alpha value is -1.40. The van der Waals surface area contributed by atoms with E-state index in [-0.39, 0.29) is 0 Å². The van der Waals surface area contributed by atoms with Gasteiger partial charge in [0.25, 0.3) is 0 Å². The molecule has 0 saturated carbocycles. The zero-order valence-electron chi connectivity index (χ0n) is 11.5. The van der Waals surface area contributed by atoms with E-state index in [1.807, 2.05) is 6.92 Å². The molecule has 0 amide bonds. The Balaban J connectivity index is 1.86. The number of hydrogen-bond donors (Lipinski definition) is 1. The summed E-state index contributed by atoms with van der Waals surface area (Å²) in [4.78, 5) is 13.5. The van der Waals surface area contributed by atoms with E-state index in [9.17, 15) is 0 Å². The molecule has 0 spiro atoms. The molecule has 2 atom stereocenters. The van der Waals surface area contributed by atoms with Crippen LogP contribution in [0.4, 0.5) is 11.8 Å². The maximum Gasteiger partial charge on any atom is 0.227 e. The monoisotopic (exact) mass is 263 g/mol. The Kier molecular flexibility index (Phi) is 3.28. The number of rotatable bonds is 1. The van der Waals surface area contributed by atoms with Crippen LogP contribution in [0.1, 0.15) is 5.56 Å². The van der Waals surface area contributed by atoms with E-state index in [0.29, 0.717) is 17.8 Å². The van der Waals surface area contributed by atoms with Gasteiger partial charge in [-0.05, 0) is 14.0 Å². The summed E-state index contributed by atoms with van der Waals surface area (Å²) in [6.45, 7) is 6.43. The first-order chi connectivity index (χ1) is 9.13. The molecule has 2 aliphatic heterocycles. The molecule has 2 aliphatic rings. The summed E-state index contributed by atoms with van der Waals surface area (Å²) in [5, 5.41) is 0. The van der Waals surface area contributed by atoms with Crippen LogP contribution < -0.4 is 10.6 Å². The minimum atomic E-state index is 0.402. The third kappa shape index (κ3) is 2.50. The second kappa shape index (κ2) is 4.94. The quantitative estimate of drug-likeness (QED) is 0.777. The molecule has 6 nitrogen and oxygen atoms in total. The fraction of sp³-hybridized carbons (Fsp3) is 0.692. The maximum absolute atomic E-state index is 5.90. The largest absolute Gasteiger partial charge is 0.383 e. The van der Waals surface area contributed by atoms with Gasteiger partial charge in [-0.15, -0.1) is 0 Å². The molecule has 2 bridgehead atoms. The standard InChI is InChI=1S/C13H21N5O/c1-9-3-15-13(16-12(9)14)18-5-10-4-17(2)11(6-18)8-19-7-10/h3,10-11H,4-8H2,1-2H3,(H2,14,15,16)/t10-,11+/m1/s1. The number of fused-ring (bicyclic) bond motifs is 3. The van der Waals surface area contributed by atoms with Crippen LogP contribution in [0.15, 0.2) is 6.20 Å². The van der Waals surface area contributed by atoms with Crippen molar-refractivity contribution in [3.8, 4) is 0 Å². The second-order valence-corrected chi connectivity index (χ2v) is 5.64. The van der Waals surface area contributed by atoms with E-state index in [0.717, 1.165) is 44.4 Å². The van der Waals surface area contributed by atoms with Crippen LogP contribution in [0, 0.1) is 12.8 Å². The van der Waals surface area contributed by atoms with Gasteiger partial charge in [-0.2, -0.15) is 4.98 Å². The average molecular weight is 263 g/mol. The van der Waals surface area contributed by atoms with Gasteiger partial charge in [-0.3, -0.25) is 4.90 Å². The zero-order valence-corrected chi connectivity index (χ0v) is 11.5. The van der Waals surface area contributed by atoms with E-state index in [2.05, 4.69) is 26.8 Å². The second-order valence-electron chi connectivity index (χ2n) is 5.64. The van der Waals surface area contributed by atoms with Gasteiger partial charge in [-0.25, -0.2) is 4.98 Å². The van der Waals surface area contributed by atoms with E-state index >= 15 is 0 Å². The normalized spacial score (nSPS) is 28.2. The van der Waals surface area contributed by atoms with E-state index in [4.69, 9.17) is 10.5 Å². The summed E-state index contributed by atoms with van der Waals surface area (Å²) in [5.74, 6) is 1.82. The highest BCUT2D eigenvalue weighted by Gasteiger charge is 2.32. The van der Waals surface area contributed by atoms with Crippen LogP contribution >= 0.6 is 0 Å². The van der Waals surface area contributed by atoms with Crippen molar-refractivity contribution >= 4 is 11.8 Å². The van der Waals surface area contributed by atoms with Gasteiger partial charge in [0.15, 0.2) is 0 Å². The fourth-order valence-electron chi connectivity index (χ4n) is 2.81. The lowest BCUT2D eigenvalue weighted by atomic mass is 10.1. The molecule has 0 aliphatic carbocycles. The zero-order chi connectivity index (χ0) is 13.4. The molecule has 2 N–H and O–H groups in total. The Morgan fingerprint density at radius 3 is 2.95 bits per heavy atom. The molecule has 0 aromatic carbocycles. The summed E-state index contributed by atoms with van der Waals surface area (Å²) in [7, 11) is 2.17. The molecule has 2 fully saturated rings. The van der Waals surface area contributed by atoms with Crippen LogP contribution in [-0.4, -0.2) is 60.8 Å². The molecule has 3 heterocycles. The number of likely N-dealkylation sites (N-methyl/N-ethyl adjacent to an activating group) is 1. The third-order valence-electron chi connectivity index (χ3n) is 4.02. The van der Waals surface area contributed by atoms with Crippen molar-refractivity contribution in [3.63, 3.8) is 0 Å². The molecule has 2 saturated heterocycles. The fourth-order valence-corrected chi connectivity index (χ4v) is 2.81. The van der Waals surface area contributed by atoms with Crippen LogP contribution in [0.25, 0.3) is 0 Å². The van der Waals surface area contributed by atoms with Gasteiger partial charge in [-0.1, -0.05) is 0 Å². The van der Waals surface area contributed by atoms with Gasteiger partial charge in [0, 0.05) is 37.3 Å². The summed E-state index contributed by atoms with van der Waals surface area (Å²) in [5.41, 5.74) is 6.83. The summed E-state index contributed by atoms with van der Waals surface area (Å²) >= 11 is 0. The number of aryl methyl sites for hydroxylation is 1. The minimum Gasteiger partial charge on any atom is -0.383 e. The average Bonchev–Trinajstić information content (AvgIpc) is 2.61. The molecular weight excluding hydrogens is 242 g/mol. The highest BCUT2D eigenvalue weighted by Crippen LogP contribution is 2.22. The predicted octanol–water partition coefficient (Wildman–Crippen LogP) is 0.134. The number of aromatic nitrogens is 2. The highest BCUT2D eigenvalue weighted by atomic mass is 16.5. The minimum absolute atomic E-state index is 0.402. The Bertz CT molecular complexity index is 466. The van der Waals surface area contributed by atoms with Crippen molar-refractivity contribution in [2.45, 2.75) is 13.0 Å². The SMILES string of the molecule is Cc1cnc(N2C[C@@H]3COC[C@H](C2)N(C)C3)nc1N. The lowest BCUT2D eigenvalue weighted by Gasteiger charge is -2.29. The molecule has 0 unspecified atom stereocenters. The number of nitrogens with zero attached hydrogens (tertiary/aromatic N) is 4. The topological polar surface area (TPSA) is 67.5 Å². The Morgan fingerprint density at radius 2 is 2.16 bits per heavy atom. The van der Waals surface area contributed by atoms with Crippen molar-refractivity contribution in [1.29, 1.82) is 0 Å². The van der Waals surface area contributed by atoms with Crippen LogP contribution in [0.2, 0.25) is 0 Å². The summed E-state index contributed by atoms with van der Waals surface area (Å²) in [6, 6.07) is 0.402. The number of anilines is 2. The lowest BCUT2D eigenvalue weighted by Crippen LogP contribution is -2.43. The predicted molar refractivity (Wildman–Crippen MR) is 74.1 cm³/mol. The van der Waals surface area contributed by atoms with Crippen LogP contribution in [0.3, 0.4) is 0 Å². The smallest absolute Gasteiger partial charge is 0.227 e. The van der Waals surface area contributed by atoms with Crippen LogP contribution in [-0.2, 0) is 4.74 Å². The van der Waals surface area contributed by atoms with Gasteiger partial charge in [0.2, 0.25) is 5.95 Å². The number of hydrogen-bond acceptors (Lipinski definition) is 6. The molecule has 6 heteroatoms. The van der Waals surface area contributed by atoms with Gasteiger partial charge >= 0.3 is 0 Å². The van der Waals surface area contributed by atoms with Gasteiger partial charge in [0.1, 0.15) is 5.82 Å². The van der Waals surface area contributed by atoms with Crippen molar-refractivity contribution in [2.75, 3.05) is 50.5 Å². The number of ether oxygens (including phenoxy) is 1. The summed E-state index contributed by atoms with van der Waals surface area (Å²) in [6.07, 6.45) is 1.80. The Labute approximate surface area is 113 Å². The molecule has 1 aromatic rings. The van der Waals surface area contributed by atoms with Crippen molar-refractivity contribution in [2.24, 2.45) is 5.92 Å². The first kappa shape index (κ1) is 12.6. The van der Waals surface area contributed by atoms with Crippen molar-refractivity contribution in [1.82, 2.24) is 14.9 Å². The first-order valence-corrected chi connectivity index (χ1v) is 6.75. The highest BCUT2D eigenvalue weighted by molar-refractivity contribution is 5.43. The van der Waals surface area contributed by atoms with E-state index < -0.39 is 0 Å². The lowest BCUT2D eigenvalue weighted by molar-refractivity contribution is 0.0928. The molecule has 1 aromatic heterocycles. The summed E-state index contributed by atoms with van der Waals surface area (Å²) < 4.78 is 5.73. The molecular formula is C13H21N5O. The maximum atomic E-state index is 5.90. The molecule has 19 heavy (non-hydrogen) atoms. The van der Waals surface area contributed by atoms with Crippen molar-refractivity contribution in [3.05, 3.63) is 11.8 Å². The Morgan fingerprint density at radius 1 is 1.32 bits per heavy atom. The van der Waals surface area contributed by atoms with E-state index in [1.54, 1.807) is 6.20 Å². The van der Waals surface area contributed by atoms with Crippen LogP contribution in [0.5, 0.6) is 0 Å². The molecule has 3 rings (SSSR count). The molecule has 104 valence electrons. The molecule has 0 radical (unpaired) electrons. The van der Waals surface area contributed by atoms with E-state index in [1.165, 1.54) is 0 Å². The first-order valence-electron chi connectivity index (χ1n) is 6.75. The van der Waals surface area contributed by atoms with Gasteiger partial charge < -0.3 is 15.4 Å². The number of nitrogen functional groups attached to an aromatic ring is 1. The van der Waals surface area contributed by atoms with Gasteiger partial charge in [0.05, 0.1) is 19.3 Å². The van der Waals surface area contributed by atoms with Crippen molar-refractivity contribution < 1.29 is 4.74 Å². The third-order valence-corrected chi connectivity index (χ3v) is 4.02.